The summed E-state index contributed by atoms with van der Waals surface area (Å²) in [7, 11) is 1.44. The molecular weight excluding hydrogens is 543 g/mol. The Labute approximate surface area is 243 Å². The van der Waals surface area contributed by atoms with Crippen LogP contribution in [0.15, 0.2) is 60.7 Å². The Balaban J connectivity index is 1.28. The molecule has 0 aromatic heterocycles. The Bertz CT molecular complexity index is 1460. The maximum absolute atomic E-state index is 15.8. The van der Waals surface area contributed by atoms with Gasteiger partial charge in [0.2, 0.25) is 0 Å². The quantitative estimate of drug-likeness (QED) is 0.187. The first-order valence-corrected chi connectivity index (χ1v) is 13.9. The average molecular weight is 577 g/mol. The summed E-state index contributed by atoms with van der Waals surface area (Å²) in [6, 6.07) is 14.5. The number of ketones is 1. The van der Waals surface area contributed by atoms with Gasteiger partial charge in [0, 0.05) is 31.3 Å². The standard InChI is InChI=1S/C32H33FN2O7/c1-18-3-12-23(18)24-13-14-26(41-17-40-2)28(29(24)33)30(37)19-4-6-21(7-5-19)32(39)42-27-16-34-15-25(27)35-31(38)20-8-10-22(36)11-9-20/h4-11,13-14,18,23,25,27,34,36H,3,12,15-17H2,1-2H3,(H,35,38). The van der Waals surface area contributed by atoms with E-state index in [1.165, 1.54) is 55.6 Å². The zero-order valence-electron chi connectivity index (χ0n) is 23.4. The summed E-state index contributed by atoms with van der Waals surface area (Å²) >= 11 is 0. The van der Waals surface area contributed by atoms with Crippen molar-refractivity contribution in [1.82, 2.24) is 10.6 Å². The number of phenols is 1. The highest BCUT2D eigenvalue weighted by molar-refractivity contribution is 6.11. The van der Waals surface area contributed by atoms with Gasteiger partial charge in [-0.2, -0.15) is 0 Å². The Hall–Kier alpha value is -4.28. The molecule has 0 spiro atoms. The van der Waals surface area contributed by atoms with Gasteiger partial charge in [0.15, 0.2) is 12.6 Å². The molecule has 0 radical (unpaired) electrons. The highest BCUT2D eigenvalue weighted by Gasteiger charge is 2.34. The lowest BCUT2D eigenvalue weighted by atomic mass is 9.70. The van der Waals surface area contributed by atoms with Crippen LogP contribution in [0.4, 0.5) is 4.39 Å². The van der Waals surface area contributed by atoms with Gasteiger partial charge in [-0.05, 0) is 72.7 Å². The summed E-state index contributed by atoms with van der Waals surface area (Å²) in [5, 5.41) is 15.4. The lowest BCUT2D eigenvalue weighted by Crippen LogP contribution is -2.44. The molecule has 4 unspecified atom stereocenters. The fourth-order valence-corrected chi connectivity index (χ4v) is 5.34. The van der Waals surface area contributed by atoms with E-state index in [0.717, 1.165) is 12.8 Å². The number of nitrogens with one attached hydrogen (secondary N) is 2. The highest BCUT2D eigenvalue weighted by atomic mass is 19.1. The molecule has 220 valence electrons. The molecule has 1 aliphatic heterocycles. The van der Waals surface area contributed by atoms with Crippen LogP contribution in [0.2, 0.25) is 0 Å². The molecule has 4 atom stereocenters. The predicted octanol–water partition coefficient (Wildman–Crippen LogP) is 4.19. The van der Waals surface area contributed by atoms with E-state index >= 15 is 4.39 Å². The predicted molar refractivity (Wildman–Crippen MR) is 151 cm³/mol. The number of aromatic hydroxyl groups is 1. The molecule has 5 rings (SSSR count). The largest absolute Gasteiger partial charge is 0.508 e. The van der Waals surface area contributed by atoms with Crippen LogP contribution in [0.3, 0.4) is 0 Å². The number of carbonyl (C=O) groups excluding carboxylic acids is 3. The molecule has 10 heteroatoms. The lowest BCUT2D eigenvalue weighted by Gasteiger charge is -2.34. The Morgan fingerprint density at radius 1 is 0.952 bits per heavy atom. The van der Waals surface area contributed by atoms with E-state index in [0.29, 0.717) is 30.1 Å². The van der Waals surface area contributed by atoms with Crippen LogP contribution in [0.5, 0.6) is 11.5 Å². The Kier molecular flexibility index (Phi) is 8.84. The minimum Gasteiger partial charge on any atom is -0.508 e. The fraction of sp³-hybridized carbons (Fsp3) is 0.344. The van der Waals surface area contributed by atoms with Gasteiger partial charge < -0.3 is 30.0 Å². The summed E-state index contributed by atoms with van der Waals surface area (Å²) in [5.41, 5.74) is 1.09. The first-order valence-electron chi connectivity index (χ1n) is 13.9. The monoisotopic (exact) mass is 576 g/mol. The van der Waals surface area contributed by atoms with Crippen molar-refractivity contribution in [1.29, 1.82) is 0 Å². The van der Waals surface area contributed by atoms with Gasteiger partial charge in [-0.25, -0.2) is 9.18 Å². The zero-order valence-corrected chi connectivity index (χ0v) is 23.4. The van der Waals surface area contributed by atoms with Crippen LogP contribution in [0, 0.1) is 11.7 Å². The topological polar surface area (TPSA) is 123 Å². The van der Waals surface area contributed by atoms with E-state index in [-0.39, 0.29) is 46.8 Å². The van der Waals surface area contributed by atoms with E-state index in [1.807, 2.05) is 0 Å². The fourth-order valence-electron chi connectivity index (χ4n) is 5.34. The van der Waals surface area contributed by atoms with Gasteiger partial charge in [0.1, 0.15) is 29.0 Å². The summed E-state index contributed by atoms with van der Waals surface area (Å²) in [6.07, 6.45) is 1.25. The van der Waals surface area contributed by atoms with E-state index in [4.69, 9.17) is 14.2 Å². The van der Waals surface area contributed by atoms with Gasteiger partial charge in [0.05, 0.1) is 11.6 Å². The Morgan fingerprint density at radius 3 is 2.29 bits per heavy atom. The van der Waals surface area contributed by atoms with E-state index < -0.39 is 29.7 Å². The number of ether oxygens (including phenoxy) is 3. The third-order valence-electron chi connectivity index (χ3n) is 7.96. The second-order valence-electron chi connectivity index (χ2n) is 10.7. The molecule has 2 fully saturated rings. The molecular formula is C32H33FN2O7. The summed E-state index contributed by atoms with van der Waals surface area (Å²) in [5.74, 6) is -1.62. The minimum absolute atomic E-state index is 0.0462. The van der Waals surface area contributed by atoms with Gasteiger partial charge in [-0.15, -0.1) is 0 Å². The van der Waals surface area contributed by atoms with Crippen LogP contribution in [-0.4, -0.2) is 61.9 Å². The van der Waals surface area contributed by atoms with Gasteiger partial charge in [-0.3, -0.25) is 9.59 Å². The number of hydrogen-bond donors (Lipinski definition) is 3. The van der Waals surface area contributed by atoms with Crippen molar-refractivity contribution in [2.24, 2.45) is 5.92 Å². The van der Waals surface area contributed by atoms with Gasteiger partial charge in [-0.1, -0.05) is 25.1 Å². The van der Waals surface area contributed by atoms with Crippen LogP contribution in [-0.2, 0) is 9.47 Å². The van der Waals surface area contributed by atoms with Crippen molar-refractivity contribution in [3.05, 3.63) is 94.3 Å². The lowest BCUT2D eigenvalue weighted by molar-refractivity contribution is 0.0283. The van der Waals surface area contributed by atoms with E-state index in [2.05, 4.69) is 17.6 Å². The molecule has 42 heavy (non-hydrogen) atoms. The van der Waals surface area contributed by atoms with Crippen molar-refractivity contribution in [2.45, 2.75) is 37.8 Å². The number of hydrogen-bond acceptors (Lipinski definition) is 8. The molecule has 2 aliphatic rings. The van der Waals surface area contributed by atoms with Crippen LogP contribution in [0.25, 0.3) is 0 Å². The van der Waals surface area contributed by atoms with Crippen molar-refractivity contribution < 1.29 is 38.1 Å². The third-order valence-corrected chi connectivity index (χ3v) is 7.96. The highest BCUT2D eigenvalue weighted by Crippen LogP contribution is 2.44. The summed E-state index contributed by atoms with van der Waals surface area (Å²) < 4.78 is 31.9. The molecule has 3 aromatic carbocycles. The molecule has 3 aromatic rings. The van der Waals surface area contributed by atoms with Crippen LogP contribution in [0.1, 0.15) is 67.9 Å². The maximum atomic E-state index is 15.8. The molecule has 1 saturated heterocycles. The molecule has 1 aliphatic carbocycles. The average Bonchev–Trinajstić information content (AvgIpc) is 3.42. The van der Waals surface area contributed by atoms with Crippen molar-refractivity contribution in [3.63, 3.8) is 0 Å². The number of carbonyl (C=O) groups is 3. The van der Waals surface area contributed by atoms with Crippen molar-refractivity contribution in [3.8, 4) is 11.5 Å². The van der Waals surface area contributed by atoms with Gasteiger partial charge >= 0.3 is 5.97 Å². The number of rotatable bonds is 10. The second kappa shape index (κ2) is 12.7. The SMILES string of the molecule is COCOc1ccc(C2CCC2C)c(F)c1C(=O)c1ccc(C(=O)OC2CNCC2NC(=O)c2ccc(O)cc2)cc1. The third kappa shape index (κ3) is 6.14. The van der Waals surface area contributed by atoms with Crippen LogP contribution < -0.4 is 15.4 Å². The molecule has 9 nitrogen and oxygen atoms in total. The first kappa shape index (κ1) is 29.2. The first-order chi connectivity index (χ1) is 20.3. The van der Waals surface area contributed by atoms with E-state index in [1.54, 1.807) is 12.1 Å². The number of benzene rings is 3. The number of esters is 1. The zero-order chi connectivity index (χ0) is 29.8. The second-order valence-corrected chi connectivity index (χ2v) is 10.7. The smallest absolute Gasteiger partial charge is 0.338 e. The van der Waals surface area contributed by atoms with Crippen molar-refractivity contribution in [2.75, 3.05) is 27.0 Å². The molecule has 0 bridgehead atoms. The molecule has 1 amide bonds. The molecule has 1 heterocycles. The van der Waals surface area contributed by atoms with Crippen molar-refractivity contribution >= 4 is 17.7 Å². The van der Waals surface area contributed by atoms with Gasteiger partial charge in [0.25, 0.3) is 5.91 Å². The minimum atomic E-state index is -0.622. The number of methoxy groups -OCH3 is 1. The molecule has 1 saturated carbocycles. The number of halogens is 1. The molecule has 3 N–H and O–H groups in total. The summed E-state index contributed by atoms with van der Waals surface area (Å²) in [6.45, 7) is 2.68. The van der Waals surface area contributed by atoms with Crippen LogP contribution >= 0.6 is 0 Å². The maximum Gasteiger partial charge on any atom is 0.338 e. The summed E-state index contributed by atoms with van der Waals surface area (Å²) in [4.78, 5) is 39.1. The number of amides is 1. The Morgan fingerprint density at radius 2 is 1.64 bits per heavy atom. The van der Waals surface area contributed by atoms with E-state index in [9.17, 15) is 19.5 Å². The number of phenolic OH excluding ortho intramolecular Hbond substituents is 1. The normalized spacial score (nSPS) is 21.3.